The third kappa shape index (κ3) is 5.83. The predicted octanol–water partition coefficient (Wildman–Crippen LogP) is 4.68. The average Bonchev–Trinajstić information content (AvgIpc) is 2.83. The van der Waals surface area contributed by atoms with Crippen molar-refractivity contribution in [2.24, 2.45) is 0 Å². The summed E-state index contributed by atoms with van der Waals surface area (Å²) in [6, 6.07) is 18.8. The number of hydrogen-bond acceptors (Lipinski definition) is 7. The lowest BCUT2D eigenvalue weighted by molar-refractivity contribution is -0.384. The number of nitriles is 1. The van der Waals surface area contributed by atoms with Crippen LogP contribution >= 0.6 is 0 Å². The maximum Gasteiger partial charge on any atom is 0.343 e. The number of aryl methyl sites for hydroxylation is 1. The van der Waals surface area contributed by atoms with Gasteiger partial charge in [0.1, 0.15) is 23.1 Å². The fourth-order valence-corrected chi connectivity index (χ4v) is 2.89. The molecule has 0 aliphatic heterocycles. The van der Waals surface area contributed by atoms with E-state index in [1.54, 1.807) is 36.4 Å². The minimum absolute atomic E-state index is 0.0829. The molecular weight excluding hydrogens is 438 g/mol. The van der Waals surface area contributed by atoms with Crippen LogP contribution in [-0.4, -0.2) is 23.9 Å². The first-order valence-electron chi connectivity index (χ1n) is 9.95. The van der Waals surface area contributed by atoms with E-state index >= 15 is 0 Å². The molecule has 1 amide bonds. The van der Waals surface area contributed by atoms with Gasteiger partial charge >= 0.3 is 5.97 Å². The smallest absolute Gasteiger partial charge is 0.343 e. The van der Waals surface area contributed by atoms with E-state index in [1.165, 1.54) is 31.4 Å². The van der Waals surface area contributed by atoms with E-state index in [0.717, 1.165) is 5.56 Å². The summed E-state index contributed by atoms with van der Waals surface area (Å²) in [7, 11) is 1.31. The van der Waals surface area contributed by atoms with Crippen LogP contribution in [-0.2, 0) is 4.79 Å². The van der Waals surface area contributed by atoms with Gasteiger partial charge in [0.25, 0.3) is 11.6 Å². The van der Waals surface area contributed by atoms with E-state index in [4.69, 9.17) is 9.47 Å². The van der Waals surface area contributed by atoms with Gasteiger partial charge in [0.2, 0.25) is 0 Å². The fraction of sp³-hybridized carbons (Fsp3) is 0.0800. The van der Waals surface area contributed by atoms with Crippen LogP contribution in [0.4, 0.5) is 11.4 Å². The Kier molecular flexibility index (Phi) is 7.36. The predicted molar refractivity (Wildman–Crippen MR) is 124 cm³/mol. The van der Waals surface area contributed by atoms with Crippen LogP contribution in [0.15, 0.2) is 72.3 Å². The van der Waals surface area contributed by atoms with Gasteiger partial charge in [-0.2, -0.15) is 5.26 Å². The van der Waals surface area contributed by atoms with Crippen molar-refractivity contribution in [3.8, 4) is 17.6 Å². The zero-order chi connectivity index (χ0) is 24.7. The number of non-ortho nitro benzene ring substituents is 1. The summed E-state index contributed by atoms with van der Waals surface area (Å²) in [5.74, 6) is -0.831. The van der Waals surface area contributed by atoms with Crippen LogP contribution < -0.4 is 14.8 Å². The van der Waals surface area contributed by atoms with Gasteiger partial charge < -0.3 is 14.8 Å². The molecule has 0 atom stereocenters. The fourth-order valence-electron chi connectivity index (χ4n) is 2.89. The highest BCUT2D eigenvalue weighted by Gasteiger charge is 2.16. The summed E-state index contributed by atoms with van der Waals surface area (Å²) in [5.41, 5.74) is 1.74. The maximum absolute atomic E-state index is 12.6. The average molecular weight is 457 g/mol. The number of ether oxygens (including phenoxy) is 2. The number of esters is 1. The highest BCUT2D eigenvalue weighted by Crippen LogP contribution is 2.29. The van der Waals surface area contributed by atoms with Crippen molar-refractivity contribution in [2.75, 3.05) is 12.4 Å². The Morgan fingerprint density at radius 1 is 1.06 bits per heavy atom. The standard InChI is InChI=1S/C25H19N3O6/c1-16-3-7-18(8-4-16)25(30)34-21-10-5-17(6-11-21)13-19(15-26)24(29)27-22-12-9-20(28(31)32)14-23(22)33-2/h3-14H,1-2H3,(H,27,29). The number of methoxy groups -OCH3 is 1. The van der Waals surface area contributed by atoms with E-state index in [9.17, 15) is 25.0 Å². The molecule has 170 valence electrons. The van der Waals surface area contributed by atoms with E-state index in [2.05, 4.69) is 5.32 Å². The number of nitro benzene ring substituents is 1. The molecule has 0 saturated carbocycles. The molecule has 0 spiro atoms. The number of benzene rings is 3. The van der Waals surface area contributed by atoms with Crippen molar-refractivity contribution in [3.63, 3.8) is 0 Å². The number of carbonyl (C=O) groups is 2. The lowest BCUT2D eigenvalue weighted by Gasteiger charge is -2.09. The summed E-state index contributed by atoms with van der Waals surface area (Å²) in [6.45, 7) is 1.92. The first-order valence-corrected chi connectivity index (χ1v) is 9.95. The van der Waals surface area contributed by atoms with Gasteiger partial charge in [-0.3, -0.25) is 14.9 Å². The van der Waals surface area contributed by atoms with Crippen LogP contribution in [0.1, 0.15) is 21.5 Å². The Bertz CT molecular complexity index is 1310. The summed E-state index contributed by atoms with van der Waals surface area (Å²) < 4.78 is 10.4. The number of nitrogens with one attached hydrogen (secondary N) is 1. The lowest BCUT2D eigenvalue weighted by atomic mass is 10.1. The molecule has 3 rings (SSSR count). The van der Waals surface area contributed by atoms with Gasteiger partial charge in [0.15, 0.2) is 0 Å². The van der Waals surface area contributed by atoms with Crippen LogP contribution in [0.3, 0.4) is 0 Å². The molecule has 0 unspecified atom stereocenters. The van der Waals surface area contributed by atoms with Crippen LogP contribution in [0, 0.1) is 28.4 Å². The lowest BCUT2D eigenvalue weighted by Crippen LogP contribution is -2.14. The van der Waals surface area contributed by atoms with Gasteiger partial charge in [-0.25, -0.2) is 4.79 Å². The van der Waals surface area contributed by atoms with Crippen LogP contribution in [0.25, 0.3) is 6.08 Å². The Morgan fingerprint density at radius 2 is 1.74 bits per heavy atom. The SMILES string of the molecule is COc1cc([N+](=O)[O-])ccc1NC(=O)C(C#N)=Cc1ccc(OC(=O)c2ccc(C)cc2)cc1. The molecule has 1 N–H and O–H groups in total. The molecular formula is C25H19N3O6. The number of carbonyl (C=O) groups excluding carboxylic acids is 2. The van der Waals surface area contributed by atoms with Crippen molar-refractivity contribution >= 4 is 29.3 Å². The molecule has 0 radical (unpaired) electrons. The highest BCUT2D eigenvalue weighted by molar-refractivity contribution is 6.10. The van der Waals surface area contributed by atoms with Gasteiger partial charge in [-0.1, -0.05) is 29.8 Å². The molecule has 9 heteroatoms. The second-order valence-electron chi connectivity index (χ2n) is 7.09. The van der Waals surface area contributed by atoms with E-state index in [0.29, 0.717) is 16.9 Å². The molecule has 0 aliphatic rings. The van der Waals surface area contributed by atoms with Crippen molar-refractivity contribution < 1.29 is 24.0 Å². The Hall–Kier alpha value is -4.97. The Balaban J connectivity index is 1.72. The van der Waals surface area contributed by atoms with Gasteiger partial charge in [0.05, 0.1) is 29.4 Å². The number of nitrogens with zero attached hydrogens (tertiary/aromatic N) is 2. The summed E-state index contributed by atoms with van der Waals surface area (Å²) in [5, 5.41) is 22.9. The molecule has 0 aliphatic carbocycles. The number of nitro groups is 1. The van der Waals surface area contributed by atoms with Crippen molar-refractivity contribution in [1.82, 2.24) is 0 Å². The van der Waals surface area contributed by atoms with E-state index in [-0.39, 0.29) is 22.7 Å². The molecule has 0 bridgehead atoms. The molecule has 0 saturated heterocycles. The second kappa shape index (κ2) is 10.6. The summed E-state index contributed by atoms with van der Waals surface area (Å²) in [6.07, 6.45) is 1.36. The first kappa shape index (κ1) is 23.7. The van der Waals surface area contributed by atoms with Crippen molar-refractivity contribution in [2.45, 2.75) is 6.92 Å². The van der Waals surface area contributed by atoms with Crippen LogP contribution in [0.5, 0.6) is 11.5 Å². The molecule has 3 aromatic rings. The minimum Gasteiger partial charge on any atom is -0.494 e. The van der Waals surface area contributed by atoms with Crippen molar-refractivity contribution in [3.05, 3.63) is 99.1 Å². The summed E-state index contributed by atoms with van der Waals surface area (Å²) >= 11 is 0. The summed E-state index contributed by atoms with van der Waals surface area (Å²) in [4.78, 5) is 35.1. The van der Waals surface area contributed by atoms with Gasteiger partial charge in [-0.05, 0) is 48.9 Å². The number of rotatable bonds is 7. The van der Waals surface area contributed by atoms with Crippen molar-refractivity contribution in [1.29, 1.82) is 5.26 Å². The zero-order valence-electron chi connectivity index (χ0n) is 18.3. The Morgan fingerprint density at radius 3 is 2.32 bits per heavy atom. The molecule has 0 heterocycles. The van der Waals surface area contributed by atoms with Gasteiger partial charge in [0, 0.05) is 6.07 Å². The maximum atomic E-state index is 12.6. The molecule has 9 nitrogen and oxygen atoms in total. The van der Waals surface area contributed by atoms with Gasteiger partial charge in [-0.15, -0.1) is 0 Å². The Labute approximate surface area is 195 Å². The largest absolute Gasteiger partial charge is 0.494 e. The molecule has 0 fully saturated rings. The number of anilines is 1. The normalized spacial score (nSPS) is 10.7. The van der Waals surface area contributed by atoms with E-state index < -0.39 is 16.8 Å². The second-order valence-corrected chi connectivity index (χ2v) is 7.09. The first-order chi connectivity index (χ1) is 16.3. The topological polar surface area (TPSA) is 132 Å². The third-order valence-corrected chi connectivity index (χ3v) is 4.70. The molecule has 0 aromatic heterocycles. The molecule has 34 heavy (non-hydrogen) atoms. The molecule has 3 aromatic carbocycles. The van der Waals surface area contributed by atoms with Crippen LogP contribution in [0.2, 0.25) is 0 Å². The number of amides is 1. The minimum atomic E-state index is -0.718. The number of hydrogen-bond donors (Lipinski definition) is 1. The monoisotopic (exact) mass is 457 g/mol. The third-order valence-electron chi connectivity index (χ3n) is 4.70. The van der Waals surface area contributed by atoms with E-state index in [1.807, 2.05) is 25.1 Å². The zero-order valence-corrected chi connectivity index (χ0v) is 18.3. The quantitative estimate of drug-likeness (QED) is 0.136. The highest BCUT2D eigenvalue weighted by atomic mass is 16.6.